The second-order valence-electron chi connectivity index (χ2n) is 16.0. The first-order chi connectivity index (χ1) is 33.7. The van der Waals surface area contributed by atoms with Crippen molar-refractivity contribution in [1.29, 1.82) is 21.0 Å². The van der Waals surface area contributed by atoms with Crippen LogP contribution in [-0.2, 0) is 37.7 Å². The SMILES string of the molecule is N#CC(C#N)=C1/C(=C/c2cc3sc4c(c3s2)C(C(=O)OCc2ccccc2)(C(=O)OCc2ccccc2)c2c-4sc3cc(/C=C4/C(=O)c5ccccc5C4=C(C#N)C#N)sc23)C(=O)c2ccccc21. The van der Waals surface area contributed by atoms with Crippen molar-refractivity contribution in [2.24, 2.45) is 0 Å². The van der Waals surface area contributed by atoms with Crippen LogP contribution in [0.4, 0.5) is 0 Å². The molecule has 69 heavy (non-hydrogen) atoms. The molecule has 0 amide bonds. The van der Waals surface area contributed by atoms with E-state index in [4.69, 9.17) is 9.47 Å². The summed E-state index contributed by atoms with van der Waals surface area (Å²) in [5, 5.41) is 39.9. The number of ketones is 2. The Balaban J connectivity index is 1.12. The van der Waals surface area contributed by atoms with Crippen LogP contribution in [0.5, 0.6) is 0 Å². The van der Waals surface area contributed by atoms with E-state index in [1.807, 2.05) is 97.1 Å². The topological polar surface area (TPSA) is 182 Å². The van der Waals surface area contributed by atoms with E-state index >= 15 is 9.59 Å². The number of rotatable bonds is 8. The number of allylic oxidation sites excluding steroid dienone is 6. The zero-order chi connectivity index (χ0) is 47.6. The van der Waals surface area contributed by atoms with Crippen molar-refractivity contribution in [1.82, 2.24) is 0 Å². The number of carbonyl (C=O) groups excluding carboxylic acids is 4. The molecule has 0 radical (unpaired) electrons. The number of fused-ring (bicyclic) bond motifs is 9. The molecule has 0 saturated carbocycles. The summed E-state index contributed by atoms with van der Waals surface area (Å²) >= 11 is 5.29. The largest absolute Gasteiger partial charge is 0.459 e. The highest BCUT2D eigenvalue weighted by atomic mass is 32.1. The van der Waals surface area contributed by atoms with E-state index in [1.165, 1.54) is 45.3 Å². The van der Waals surface area contributed by atoms with Crippen molar-refractivity contribution < 1.29 is 28.7 Å². The van der Waals surface area contributed by atoms with Gasteiger partial charge in [0.2, 0.25) is 5.41 Å². The average molecular weight is 967 g/mol. The minimum Gasteiger partial charge on any atom is -0.459 e. The summed E-state index contributed by atoms with van der Waals surface area (Å²) in [6.45, 7) is -0.310. The fraction of sp³-hybridized carbons (Fsp3) is 0.0545. The Hall–Kier alpha value is -8.60. The van der Waals surface area contributed by atoms with E-state index in [9.17, 15) is 30.6 Å². The number of benzene rings is 4. The van der Waals surface area contributed by atoms with Crippen LogP contribution in [-0.4, -0.2) is 23.5 Å². The number of carbonyl (C=O) groups is 4. The number of nitrogens with zero attached hydrogens (tertiary/aromatic N) is 4. The van der Waals surface area contributed by atoms with Gasteiger partial charge in [0.1, 0.15) is 48.6 Å². The van der Waals surface area contributed by atoms with Crippen LogP contribution >= 0.6 is 45.3 Å². The van der Waals surface area contributed by atoms with Gasteiger partial charge in [-0.1, -0.05) is 109 Å². The molecule has 0 atom stereocenters. The molecule has 0 aliphatic heterocycles. The van der Waals surface area contributed by atoms with E-state index in [2.05, 4.69) is 0 Å². The molecular weight excluding hydrogens is 941 g/mol. The van der Waals surface area contributed by atoms with Crippen molar-refractivity contribution in [3.8, 4) is 34.0 Å². The van der Waals surface area contributed by atoms with Crippen molar-refractivity contribution >= 4 is 111 Å². The molecule has 10 nitrogen and oxygen atoms in total. The van der Waals surface area contributed by atoms with Crippen molar-refractivity contribution in [2.45, 2.75) is 18.6 Å². The van der Waals surface area contributed by atoms with Crippen LogP contribution in [0.3, 0.4) is 0 Å². The summed E-state index contributed by atoms with van der Waals surface area (Å²) in [5.74, 6) is -2.40. The van der Waals surface area contributed by atoms with Gasteiger partial charge in [0.05, 0.1) is 19.2 Å². The number of thiophene rings is 4. The molecule has 3 aliphatic carbocycles. The maximum absolute atomic E-state index is 15.5. The maximum Gasteiger partial charge on any atom is 0.333 e. The molecule has 4 heterocycles. The molecule has 0 bridgehead atoms. The van der Waals surface area contributed by atoms with Gasteiger partial charge in [-0.3, -0.25) is 19.2 Å². The third kappa shape index (κ3) is 6.66. The van der Waals surface area contributed by atoms with Crippen LogP contribution in [0.25, 0.3) is 51.9 Å². The van der Waals surface area contributed by atoms with Crippen LogP contribution in [0.15, 0.2) is 144 Å². The Morgan fingerprint density at radius 1 is 0.507 bits per heavy atom. The van der Waals surface area contributed by atoms with E-state index in [-0.39, 0.29) is 58.2 Å². The molecule has 8 aromatic rings. The van der Waals surface area contributed by atoms with Gasteiger partial charge in [-0.2, -0.15) is 21.0 Å². The maximum atomic E-state index is 15.5. The number of ether oxygens (including phenoxy) is 2. The highest BCUT2D eigenvalue weighted by Crippen LogP contribution is 2.64. The summed E-state index contributed by atoms with van der Waals surface area (Å²) in [6.07, 6.45) is 3.30. The molecule has 4 aromatic carbocycles. The third-order valence-corrected chi connectivity index (χ3v) is 17.1. The Bertz CT molecular complexity index is 3640. The minimum absolute atomic E-state index is 0.155. The second kappa shape index (κ2) is 16.9. The Morgan fingerprint density at radius 3 is 1.25 bits per heavy atom. The second-order valence-corrected chi connectivity index (χ2v) is 20.3. The van der Waals surface area contributed by atoms with Crippen LogP contribution < -0.4 is 0 Å². The molecular formula is C55H26N4O6S4. The van der Waals surface area contributed by atoms with Gasteiger partial charge in [0, 0.05) is 63.7 Å². The molecule has 0 saturated heterocycles. The lowest BCUT2D eigenvalue weighted by Gasteiger charge is -2.27. The molecule has 4 aromatic heterocycles. The first kappa shape index (κ1) is 43.0. The lowest BCUT2D eigenvalue weighted by Crippen LogP contribution is -2.45. The molecule has 0 fully saturated rings. The molecule has 11 rings (SSSR count). The average Bonchev–Trinajstić information content (AvgIpc) is 4.24. The molecule has 3 aliphatic rings. The van der Waals surface area contributed by atoms with E-state index < -0.39 is 17.4 Å². The highest BCUT2D eigenvalue weighted by Gasteiger charge is 2.62. The van der Waals surface area contributed by atoms with Crippen LogP contribution in [0, 0.1) is 45.3 Å². The monoisotopic (exact) mass is 966 g/mol. The normalized spacial score (nSPS) is 15.0. The lowest BCUT2D eigenvalue weighted by molar-refractivity contribution is -0.164. The summed E-state index contributed by atoms with van der Waals surface area (Å²) < 4.78 is 15.1. The van der Waals surface area contributed by atoms with Crippen LogP contribution in [0.1, 0.15) is 63.9 Å². The van der Waals surface area contributed by atoms with E-state index in [0.717, 1.165) is 9.40 Å². The molecule has 326 valence electrons. The number of Topliss-reactive ketones (excluding diaryl/α,β-unsaturated/α-hetero) is 2. The Kier molecular flexibility index (Phi) is 10.5. The Morgan fingerprint density at radius 2 is 0.870 bits per heavy atom. The van der Waals surface area contributed by atoms with Gasteiger partial charge in [-0.15, -0.1) is 45.3 Å². The van der Waals surface area contributed by atoms with E-state index in [0.29, 0.717) is 73.4 Å². The van der Waals surface area contributed by atoms with Gasteiger partial charge < -0.3 is 9.47 Å². The standard InChI is InChI=1S/C55H26N4O6S4/c56-23-31(24-57)43-35-15-7-9-17-37(35)47(60)39(43)19-33-21-41-49(66-33)45-51(68-41)52-46(55(45,53(62)64-27-29-11-3-1-4-12-29)54(63)65-28-30-13-5-2-6-14-30)50-42(69-52)22-34(67-50)20-40-44(32(25-58)26-59)36-16-8-10-18-38(36)48(40)61/h1-22H,27-28H2/b39-19-,40-20+. The zero-order valence-electron chi connectivity index (χ0n) is 35.5. The van der Waals surface area contributed by atoms with Crippen molar-refractivity contribution in [3.05, 3.63) is 198 Å². The molecule has 0 unspecified atom stereocenters. The van der Waals surface area contributed by atoms with Crippen molar-refractivity contribution in [2.75, 3.05) is 0 Å². The number of esters is 2. The summed E-state index contributed by atoms with van der Waals surface area (Å²) in [5.41, 5.74) is 2.10. The lowest BCUT2D eigenvalue weighted by atomic mass is 9.79. The fourth-order valence-corrected chi connectivity index (χ4v) is 14.8. The first-order valence-corrected chi connectivity index (χ1v) is 24.3. The highest BCUT2D eigenvalue weighted by molar-refractivity contribution is 7.35. The molecule has 0 N–H and O–H groups in total. The predicted octanol–water partition coefficient (Wildman–Crippen LogP) is 12.2. The smallest absolute Gasteiger partial charge is 0.333 e. The fourth-order valence-electron chi connectivity index (χ4n) is 9.21. The van der Waals surface area contributed by atoms with Gasteiger partial charge in [-0.05, 0) is 46.5 Å². The van der Waals surface area contributed by atoms with Crippen LogP contribution in [0.2, 0.25) is 0 Å². The number of hydrogen-bond acceptors (Lipinski definition) is 14. The number of nitriles is 4. The number of hydrogen-bond donors (Lipinski definition) is 0. The van der Waals surface area contributed by atoms with Gasteiger partial charge in [0.25, 0.3) is 0 Å². The quantitative estimate of drug-likeness (QED) is 0.0615. The summed E-state index contributed by atoms with van der Waals surface area (Å²) in [7, 11) is 0. The zero-order valence-corrected chi connectivity index (χ0v) is 38.8. The van der Waals surface area contributed by atoms with Gasteiger partial charge >= 0.3 is 11.9 Å². The van der Waals surface area contributed by atoms with Gasteiger partial charge in [-0.25, -0.2) is 0 Å². The predicted molar refractivity (Wildman–Crippen MR) is 265 cm³/mol. The first-order valence-electron chi connectivity index (χ1n) is 21.1. The van der Waals surface area contributed by atoms with Crippen molar-refractivity contribution in [3.63, 3.8) is 0 Å². The Labute approximate surface area is 408 Å². The summed E-state index contributed by atoms with van der Waals surface area (Å²) in [4.78, 5) is 61.5. The van der Waals surface area contributed by atoms with Gasteiger partial charge in [0.15, 0.2) is 11.6 Å². The minimum atomic E-state index is -2.17. The summed E-state index contributed by atoms with van der Waals surface area (Å²) in [6, 6.07) is 43.4. The van der Waals surface area contributed by atoms with E-state index in [1.54, 1.807) is 60.7 Å². The molecule has 0 spiro atoms. The molecule has 14 heteroatoms. The third-order valence-electron chi connectivity index (χ3n) is 12.2.